The minimum absolute atomic E-state index is 0.0122. The number of nitrogen functional groups attached to an aromatic ring is 1. The number of aliphatic hydroxyl groups excluding tert-OH is 1. The Kier molecular flexibility index (Phi) is 9.24. The summed E-state index contributed by atoms with van der Waals surface area (Å²) < 4.78 is 32.3. The lowest BCUT2D eigenvalue weighted by Gasteiger charge is -2.56. The molecule has 1 aliphatic rings. The summed E-state index contributed by atoms with van der Waals surface area (Å²) in [5.41, 5.74) is 3.86. The van der Waals surface area contributed by atoms with Crippen molar-refractivity contribution in [1.29, 1.82) is 0 Å². The van der Waals surface area contributed by atoms with Gasteiger partial charge < -0.3 is 39.6 Å². The number of benzene rings is 3. The van der Waals surface area contributed by atoms with Crippen LogP contribution < -0.4 is 11.4 Å². The van der Waals surface area contributed by atoms with E-state index in [2.05, 4.69) is 4.98 Å². The molecule has 11 heteroatoms. The Morgan fingerprint density at radius 2 is 1.40 bits per heavy atom. The summed E-state index contributed by atoms with van der Waals surface area (Å²) in [6, 6.07) is 28.1. The van der Waals surface area contributed by atoms with Gasteiger partial charge in [0.25, 0.3) is 11.6 Å². The van der Waals surface area contributed by atoms with Crippen LogP contribution in [0.15, 0.2) is 102 Å². The number of hydrogen-bond donors (Lipinski definition) is 3. The Labute approximate surface area is 261 Å². The molecule has 4 aromatic rings. The lowest BCUT2D eigenvalue weighted by atomic mass is 9.59. The Balaban J connectivity index is 2.14. The van der Waals surface area contributed by atoms with Gasteiger partial charge in [0.05, 0.1) is 25.2 Å². The van der Waals surface area contributed by atoms with Gasteiger partial charge >= 0.3 is 5.69 Å². The first-order valence-electron chi connectivity index (χ1n) is 14.5. The van der Waals surface area contributed by atoms with Crippen LogP contribution in [0.25, 0.3) is 0 Å². The van der Waals surface area contributed by atoms with Gasteiger partial charge in [-0.3, -0.25) is 4.57 Å². The average molecular weight is 618 g/mol. The molecule has 4 N–H and O–H groups in total. The van der Waals surface area contributed by atoms with E-state index in [0.717, 1.165) is 0 Å². The summed E-state index contributed by atoms with van der Waals surface area (Å²) >= 11 is 0. The van der Waals surface area contributed by atoms with E-state index in [1.54, 1.807) is 6.92 Å². The molecular formula is C34H39N3O8. The number of nitrogens with zero attached hydrogens (tertiary/aromatic N) is 2. The molecule has 1 saturated heterocycles. The number of ether oxygens (including phenoxy) is 5. The van der Waals surface area contributed by atoms with Crippen molar-refractivity contribution in [3.05, 3.63) is 130 Å². The molecule has 1 fully saturated rings. The molecule has 0 spiro atoms. The molecule has 4 atom stereocenters. The highest BCUT2D eigenvalue weighted by atomic mass is 16.8. The molecular weight excluding hydrogens is 578 g/mol. The van der Waals surface area contributed by atoms with Gasteiger partial charge in [0, 0.05) is 33.1 Å². The molecule has 5 rings (SSSR count). The van der Waals surface area contributed by atoms with Gasteiger partial charge in [-0.05, 0) is 23.6 Å². The first kappa shape index (κ1) is 32.5. The summed E-state index contributed by atoms with van der Waals surface area (Å²) in [5, 5.41) is 23.5. The third-order valence-electron chi connectivity index (χ3n) is 8.64. The second kappa shape index (κ2) is 12.8. The maximum Gasteiger partial charge on any atom is 0.352 e. The van der Waals surface area contributed by atoms with Crippen LogP contribution in [0.3, 0.4) is 0 Å². The monoisotopic (exact) mass is 617 g/mol. The van der Waals surface area contributed by atoms with Crippen LogP contribution in [0, 0.1) is 6.92 Å². The molecule has 0 unspecified atom stereocenters. The zero-order chi connectivity index (χ0) is 32.3. The third kappa shape index (κ3) is 4.62. The van der Waals surface area contributed by atoms with E-state index in [0.29, 0.717) is 22.3 Å². The van der Waals surface area contributed by atoms with Gasteiger partial charge in [-0.2, -0.15) is 4.98 Å². The first-order chi connectivity index (χ1) is 21.7. The Morgan fingerprint density at radius 1 is 0.889 bits per heavy atom. The number of anilines is 1. The van der Waals surface area contributed by atoms with Gasteiger partial charge in [-0.25, -0.2) is 4.79 Å². The zero-order valence-electron chi connectivity index (χ0n) is 25.8. The van der Waals surface area contributed by atoms with Crippen molar-refractivity contribution < 1.29 is 33.9 Å². The molecule has 0 bridgehead atoms. The molecule has 1 aliphatic heterocycles. The first-order valence-corrected chi connectivity index (χ1v) is 14.5. The van der Waals surface area contributed by atoms with Crippen LogP contribution in [-0.4, -0.2) is 78.6 Å². The van der Waals surface area contributed by atoms with Crippen LogP contribution >= 0.6 is 0 Å². The highest BCUT2D eigenvalue weighted by Crippen LogP contribution is 2.64. The zero-order valence-corrected chi connectivity index (χ0v) is 25.8. The van der Waals surface area contributed by atoms with E-state index < -0.39 is 41.1 Å². The van der Waals surface area contributed by atoms with Gasteiger partial charge in [0.1, 0.15) is 11.9 Å². The molecule has 2 heterocycles. The highest BCUT2D eigenvalue weighted by Gasteiger charge is 2.84. The van der Waals surface area contributed by atoms with E-state index in [1.165, 1.54) is 32.1 Å². The lowest BCUT2D eigenvalue weighted by molar-refractivity contribution is -0.413. The number of aromatic nitrogens is 2. The maximum absolute atomic E-state index is 14.3. The van der Waals surface area contributed by atoms with E-state index >= 15 is 0 Å². The second-order valence-corrected chi connectivity index (χ2v) is 10.8. The number of aryl methyl sites for hydroxylation is 1. The van der Waals surface area contributed by atoms with Crippen molar-refractivity contribution in [2.45, 2.75) is 35.7 Å². The Hall–Kier alpha value is -3.94. The third-order valence-corrected chi connectivity index (χ3v) is 8.64. The molecule has 0 amide bonds. The Morgan fingerprint density at radius 3 is 1.82 bits per heavy atom. The molecule has 1 aromatic heterocycles. The summed E-state index contributed by atoms with van der Waals surface area (Å²) in [4.78, 5) is 18.5. The number of hydrogen-bond acceptors (Lipinski definition) is 10. The van der Waals surface area contributed by atoms with Crippen molar-refractivity contribution >= 4 is 5.82 Å². The lowest BCUT2D eigenvalue weighted by Crippen LogP contribution is -2.75. The smallest absolute Gasteiger partial charge is 0.352 e. The van der Waals surface area contributed by atoms with Crippen LogP contribution in [0.1, 0.15) is 22.3 Å². The number of methoxy groups -OCH3 is 3. The predicted molar refractivity (Wildman–Crippen MR) is 166 cm³/mol. The standard InChI is InChI=1S/C34H39N3O8/c1-24-22-37(30(39)36-29(24)35)33(34(43-4,44-21-20-41-2)32(40,42-3)28(23-38)45-33)31(25-14-8-5-9-15-25,26-16-10-6-11-17-26)27-18-12-7-13-19-27/h5-19,22,28,38,40H,20-21,23H2,1-4H3,(H2,35,36,39)/t28-,32+,33-,34-/m1/s1. The predicted octanol–water partition coefficient (Wildman–Crippen LogP) is 2.55. The van der Waals surface area contributed by atoms with Gasteiger partial charge in [0.2, 0.25) is 5.72 Å². The van der Waals surface area contributed by atoms with Crippen LogP contribution in [0.5, 0.6) is 0 Å². The van der Waals surface area contributed by atoms with E-state index in [-0.39, 0.29) is 19.0 Å². The fraction of sp³-hybridized carbons (Fsp3) is 0.353. The van der Waals surface area contributed by atoms with Gasteiger partial charge in [-0.1, -0.05) is 91.0 Å². The molecule has 0 saturated carbocycles. The van der Waals surface area contributed by atoms with E-state index in [9.17, 15) is 15.0 Å². The minimum atomic E-state index is -2.51. The Bertz CT molecular complexity index is 1540. The van der Waals surface area contributed by atoms with Crippen LogP contribution in [-0.2, 0) is 34.8 Å². The minimum Gasteiger partial charge on any atom is -0.393 e. The molecule has 238 valence electrons. The highest BCUT2D eigenvalue weighted by molar-refractivity contribution is 5.55. The van der Waals surface area contributed by atoms with Crippen LogP contribution in [0.2, 0.25) is 0 Å². The summed E-state index contributed by atoms with van der Waals surface area (Å²) in [5.74, 6) is -4.89. The largest absolute Gasteiger partial charge is 0.393 e. The molecule has 0 aliphatic carbocycles. The van der Waals surface area contributed by atoms with E-state index in [4.69, 9.17) is 29.4 Å². The SMILES string of the molecule is COCCO[C@]1(OC)[C@@](O)(OC)[C@@H](CO)O[C@]1(n1cc(C)c(N)nc1=O)C(c1ccccc1)(c1ccccc1)c1ccccc1. The summed E-state index contributed by atoms with van der Waals surface area (Å²) in [6.07, 6.45) is -0.0115. The summed E-state index contributed by atoms with van der Waals surface area (Å²) in [6.45, 7) is 0.898. The quantitative estimate of drug-likeness (QED) is 0.123. The fourth-order valence-corrected chi connectivity index (χ4v) is 6.73. The number of nitrogens with two attached hydrogens (primary N) is 1. The average Bonchev–Trinajstić information content (AvgIpc) is 3.30. The van der Waals surface area contributed by atoms with Crippen molar-refractivity contribution in [2.75, 3.05) is 46.9 Å². The van der Waals surface area contributed by atoms with Gasteiger partial charge in [-0.15, -0.1) is 0 Å². The summed E-state index contributed by atoms with van der Waals surface area (Å²) in [7, 11) is 4.07. The number of aliphatic hydroxyl groups is 2. The number of rotatable bonds is 12. The van der Waals surface area contributed by atoms with Crippen molar-refractivity contribution in [1.82, 2.24) is 9.55 Å². The van der Waals surface area contributed by atoms with Gasteiger partial charge in [0.15, 0.2) is 0 Å². The maximum atomic E-state index is 14.3. The van der Waals surface area contributed by atoms with Crippen molar-refractivity contribution in [2.24, 2.45) is 0 Å². The van der Waals surface area contributed by atoms with Crippen molar-refractivity contribution in [3.8, 4) is 0 Å². The van der Waals surface area contributed by atoms with Crippen molar-refractivity contribution in [3.63, 3.8) is 0 Å². The van der Waals surface area contributed by atoms with Crippen LogP contribution in [0.4, 0.5) is 5.82 Å². The molecule has 0 radical (unpaired) electrons. The molecule has 11 nitrogen and oxygen atoms in total. The van der Waals surface area contributed by atoms with E-state index in [1.807, 2.05) is 91.0 Å². The molecule has 3 aromatic carbocycles. The second-order valence-electron chi connectivity index (χ2n) is 10.8. The fourth-order valence-electron chi connectivity index (χ4n) is 6.73. The normalized spacial score (nSPS) is 25.0. The topological polar surface area (TPSA) is 148 Å². The molecule has 45 heavy (non-hydrogen) atoms.